The fourth-order valence-electron chi connectivity index (χ4n) is 2.40. The zero-order valence-corrected chi connectivity index (χ0v) is 15.7. The Morgan fingerprint density at radius 1 is 1.33 bits per heavy atom. The molecule has 0 bridgehead atoms. The van der Waals surface area contributed by atoms with E-state index >= 15 is 0 Å². The maximum Gasteiger partial charge on any atom is 0.231 e. The Morgan fingerprint density at radius 2 is 1.96 bits per heavy atom. The van der Waals surface area contributed by atoms with Crippen LogP contribution in [0.2, 0.25) is 0 Å². The van der Waals surface area contributed by atoms with Gasteiger partial charge in [-0.3, -0.25) is 9.69 Å². The number of rotatable bonds is 5. The molecule has 24 heavy (non-hydrogen) atoms. The Labute approximate surface area is 144 Å². The van der Waals surface area contributed by atoms with E-state index in [4.69, 9.17) is 0 Å². The first-order valence-corrected chi connectivity index (χ1v) is 10.1. The Hall–Kier alpha value is -1.47. The highest BCUT2D eigenvalue weighted by atomic mass is 32.2. The average Bonchev–Trinajstić information content (AvgIpc) is 2.52. The second-order valence-electron chi connectivity index (χ2n) is 7.12. The molecule has 0 unspecified atom stereocenters. The molecule has 1 aliphatic rings. The van der Waals surface area contributed by atoms with Crippen LogP contribution in [0.1, 0.15) is 38.3 Å². The average molecular weight is 353 g/mol. The van der Waals surface area contributed by atoms with Crippen LogP contribution < -0.4 is 5.32 Å². The molecule has 1 aliphatic heterocycles. The predicted molar refractivity (Wildman–Crippen MR) is 95.6 cm³/mol. The van der Waals surface area contributed by atoms with Crippen LogP contribution in [0.4, 0.5) is 5.82 Å². The number of nitrogens with zero attached hydrogens (tertiary/aromatic N) is 2. The molecule has 1 aromatic rings. The first-order chi connectivity index (χ1) is 11.1. The lowest BCUT2D eigenvalue weighted by molar-refractivity contribution is -0.124. The lowest BCUT2D eigenvalue weighted by Gasteiger charge is -2.27. The van der Waals surface area contributed by atoms with E-state index in [1.807, 2.05) is 33.8 Å². The van der Waals surface area contributed by atoms with E-state index in [0.717, 1.165) is 17.5 Å². The van der Waals surface area contributed by atoms with Crippen molar-refractivity contribution in [3.05, 3.63) is 23.4 Å². The predicted octanol–water partition coefficient (Wildman–Crippen LogP) is 2.00. The topological polar surface area (TPSA) is 79.4 Å². The van der Waals surface area contributed by atoms with E-state index in [-0.39, 0.29) is 17.4 Å². The molecule has 0 spiro atoms. The maximum atomic E-state index is 12.3. The number of amides is 1. The molecule has 1 amide bonds. The van der Waals surface area contributed by atoms with Crippen LogP contribution in [-0.4, -0.2) is 48.8 Å². The van der Waals surface area contributed by atoms with E-state index in [2.05, 4.69) is 15.2 Å². The van der Waals surface area contributed by atoms with Gasteiger partial charge in [-0.25, -0.2) is 13.4 Å². The van der Waals surface area contributed by atoms with Crippen molar-refractivity contribution in [2.24, 2.45) is 5.41 Å². The van der Waals surface area contributed by atoms with Crippen LogP contribution in [0.15, 0.2) is 12.3 Å². The first-order valence-electron chi connectivity index (χ1n) is 8.33. The number of aryl methyl sites for hydroxylation is 1. The van der Waals surface area contributed by atoms with E-state index in [9.17, 15) is 13.2 Å². The summed E-state index contributed by atoms with van der Waals surface area (Å²) < 4.78 is 23.1. The number of anilines is 1. The van der Waals surface area contributed by atoms with Crippen molar-refractivity contribution in [1.29, 1.82) is 0 Å². The molecule has 2 rings (SSSR count). The number of sulfone groups is 1. The maximum absolute atomic E-state index is 12.3. The Morgan fingerprint density at radius 3 is 2.54 bits per heavy atom. The Kier molecular flexibility index (Phi) is 5.65. The summed E-state index contributed by atoms with van der Waals surface area (Å²) in [7, 11) is -2.87. The standard InChI is InChI=1S/C17H27N3O3S/c1-5-17(3,4)16(21)19-15-10-14(13(2)11-18-15)12-20-6-8-24(22,23)9-7-20/h10-11H,5-9,12H2,1-4H3,(H,18,19,21). The van der Waals surface area contributed by atoms with Crippen molar-refractivity contribution in [2.75, 3.05) is 29.9 Å². The summed E-state index contributed by atoms with van der Waals surface area (Å²) in [6.07, 6.45) is 2.50. The van der Waals surface area contributed by atoms with Gasteiger partial charge in [-0.05, 0) is 30.5 Å². The number of carbonyl (C=O) groups is 1. The number of hydrogen-bond donors (Lipinski definition) is 1. The highest BCUT2D eigenvalue weighted by Crippen LogP contribution is 2.23. The first kappa shape index (κ1) is 18.9. The van der Waals surface area contributed by atoms with Crippen LogP contribution in [0.5, 0.6) is 0 Å². The molecule has 0 saturated carbocycles. The third-order valence-electron chi connectivity index (χ3n) is 4.79. The summed E-state index contributed by atoms with van der Waals surface area (Å²) in [5.74, 6) is 0.930. The van der Waals surface area contributed by atoms with Gasteiger partial charge >= 0.3 is 0 Å². The smallest absolute Gasteiger partial charge is 0.231 e. The summed E-state index contributed by atoms with van der Waals surface area (Å²) in [4.78, 5) is 18.7. The van der Waals surface area contributed by atoms with E-state index in [1.165, 1.54) is 0 Å². The van der Waals surface area contributed by atoms with Gasteiger partial charge in [-0.15, -0.1) is 0 Å². The minimum atomic E-state index is -2.87. The summed E-state index contributed by atoms with van der Waals surface area (Å²) in [6, 6.07) is 1.89. The van der Waals surface area contributed by atoms with Crippen molar-refractivity contribution in [3.63, 3.8) is 0 Å². The van der Waals surface area contributed by atoms with E-state index in [1.54, 1.807) is 6.20 Å². The number of pyridine rings is 1. The lowest BCUT2D eigenvalue weighted by Crippen LogP contribution is -2.39. The molecular formula is C17H27N3O3S. The Balaban J connectivity index is 2.08. The highest BCUT2D eigenvalue weighted by Gasteiger charge is 2.26. The van der Waals surface area contributed by atoms with Gasteiger partial charge in [0, 0.05) is 31.2 Å². The van der Waals surface area contributed by atoms with Crippen molar-refractivity contribution >= 4 is 21.6 Å². The molecule has 0 aromatic carbocycles. The zero-order valence-electron chi connectivity index (χ0n) is 14.9. The minimum absolute atomic E-state index is 0.0450. The van der Waals surface area contributed by atoms with Gasteiger partial charge in [0.2, 0.25) is 5.91 Å². The molecule has 2 heterocycles. The summed E-state index contributed by atoms with van der Waals surface area (Å²) in [5, 5.41) is 2.89. The monoisotopic (exact) mass is 353 g/mol. The minimum Gasteiger partial charge on any atom is -0.310 e. The number of hydrogen-bond acceptors (Lipinski definition) is 5. The van der Waals surface area contributed by atoms with Gasteiger partial charge in [-0.1, -0.05) is 20.8 Å². The molecule has 1 aromatic heterocycles. The number of nitrogens with one attached hydrogen (secondary N) is 1. The zero-order chi connectivity index (χ0) is 18.0. The third-order valence-corrected chi connectivity index (χ3v) is 6.40. The van der Waals surface area contributed by atoms with E-state index in [0.29, 0.717) is 25.5 Å². The van der Waals surface area contributed by atoms with Crippen molar-refractivity contribution in [2.45, 2.75) is 40.7 Å². The van der Waals surface area contributed by atoms with Crippen LogP contribution >= 0.6 is 0 Å². The molecule has 6 nitrogen and oxygen atoms in total. The molecule has 1 fully saturated rings. The van der Waals surface area contributed by atoms with Gasteiger partial charge in [0.25, 0.3) is 0 Å². The third kappa shape index (κ3) is 4.77. The molecular weight excluding hydrogens is 326 g/mol. The normalized spacial score (nSPS) is 18.3. The molecule has 1 saturated heterocycles. The van der Waals surface area contributed by atoms with Crippen LogP contribution in [0.3, 0.4) is 0 Å². The molecule has 7 heteroatoms. The van der Waals surface area contributed by atoms with Crippen LogP contribution in [0.25, 0.3) is 0 Å². The summed E-state index contributed by atoms with van der Waals surface area (Å²) in [6.45, 7) is 9.55. The number of aromatic nitrogens is 1. The van der Waals surface area contributed by atoms with Crippen molar-refractivity contribution in [3.8, 4) is 0 Å². The summed E-state index contributed by atoms with van der Waals surface area (Å²) >= 11 is 0. The quantitative estimate of drug-likeness (QED) is 0.876. The van der Waals surface area contributed by atoms with Gasteiger partial charge < -0.3 is 5.32 Å². The van der Waals surface area contributed by atoms with Crippen molar-refractivity contribution < 1.29 is 13.2 Å². The SMILES string of the molecule is CCC(C)(C)C(=O)Nc1cc(CN2CCS(=O)(=O)CC2)c(C)cn1. The Bertz CT molecular complexity index is 700. The second-order valence-corrected chi connectivity index (χ2v) is 9.42. The van der Waals surface area contributed by atoms with Gasteiger partial charge in [0.05, 0.1) is 11.5 Å². The van der Waals surface area contributed by atoms with Crippen molar-refractivity contribution in [1.82, 2.24) is 9.88 Å². The number of carbonyl (C=O) groups excluding carboxylic acids is 1. The molecule has 1 N–H and O–H groups in total. The van der Waals surface area contributed by atoms with Gasteiger partial charge in [0.15, 0.2) is 9.84 Å². The molecule has 134 valence electrons. The fourth-order valence-corrected chi connectivity index (χ4v) is 3.68. The molecule has 0 radical (unpaired) electrons. The molecule has 0 atom stereocenters. The van der Waals surface area contributed by atoms with E-state index < -0.39 is 15.3 Å². The van der Waals surface area contributed by atoms with Gasteiger partial charge in [0.1, 0.15) is 5.82 Å². The van der Waals surface area contributed by atoms with Gasteiger partial charge in [-0.2, -0.15) is 0 Å². The highest BCUT2D eigenvalue weighted by molar-refractivity contribution is 7.91. The van der Waals surface area contributed by atoms with Crippen LogP contribution in [0, 0.1) is 12.3 Å². The van der Waals surface area contributed by atoms with Crippen LogP contribution in [-0.2, 0) is 21.2 Å². The fraction of sp³-hybridized carbons (Fsp3) is 0.647. The molecule has 0 aliphatic carbocycles. The largest absolute Gasteiger partial charge is 0.310 e. The summed E-state index contributed by atoms with van der Waals surface area (Å²) in [5.41, 5.74) is 1.67. The second kappa shape index (κ2) is 7.19. The lowest BCUT2D eigenvalue weighted by atomic mass is 9.89.